The van der Waals surface area contributed by atoms with Gasteiger partial charge in [0.2, 0.25) is 6.79 Å². The van der Waals surface area contributed by atoms with Gasteiger partial charge in [-0.25, -0.2) is 0 Å². The summed E-state index contributed by atoms with van der Waals surface area (Å²) in [4.78, 5) is 11.9. The van der Waals surface area contributed by atoms with Crippen molar-refractivity contribution in [2.45, 2.75) is 6.92 Å². The quantitative estimate of drug-likeness (QED) is 0.809. The second kappa shape index (κ2) is 6.06. The van der Waals surface area contributed by atoms with Gasteiger partial charge in [-0.05, 0) is 34.6 Å². The zero-order valence-corrected chi connectivity index (χ0v) is 11.7. The topological polar surface area (TPSA) is 59.6 Å². The molecule has 0 aromatic heterocycles. The smallest absolute Gasteiger partial charge is 0.251 e. The summed E-state index contributed by atoms with van der Waals surface area (Å²) < 4.78 is 11.3. The predicted molar refractivity (Wildman–Crippen MR) is 71.1 cm³/mol. The number of nitrogens with one attached hydrogen (secondary N) is 2. The summed E-state index contributed by atoms with van der Waals surface area (Å²) >= 11 is 3.36. The zero-order valence-electron chi connectivity index (χ0n) is 10.1. The van der Waals surface area contributed by atoms with Crippen LogP contribution in [0, 0.1) is 0 Å². The molecule has 2 rings (SSSR count). The van der Waals surface area contributed by atoms with Crippen LogP contribution >= 0.6 is 15.9 Å². The van der Waals surface area contributed by atoms with E-state index < -0.39 is 0 Å². The fourth-order valence-electron chi connectivity index (χ4n) is 1.64. The maximum atomic E-state index is 11.9. The summed E-state index contributed by atoms with van der Waals surface area (Å²) in [7, 11) is 0. The Labute approximate surface area is 114 Å². The van der Waals surface area contributed by atoms with Crippen molar-refractivity contribution in [1.29, 1.82) is 0 Å². The Morgan fingerprint density at radius 1 is 1.39 bits per heavy atom. The lowest BCUT2D eigenvalue weighted by molar-refractivity contribution is 0.0953. The molecule has 0 saturated heterocycles. The maximum Gasteiger partial charge on any atom is 0.251 e. The molecule has 0 atom stereocenters. The minimum atomic E-state index is -0.119. The number of benzene rings is 1. The van der Waals surface area contributed by atoms with Gasteiger partial charge in [0.05, 0.1) is 4.47 Å². The van der Waals surface area contributed by atoms with Crippen LogP contribution in [0.2, 0.25) is 0 Å². The number of carbonyl (C=O) groups is 1. The lowest BCUT2D eigenvalue weighted by Crippen LogP contribution is -2.31. The molecule has 0 spiro atoms. The van der Waals surface area contributed by atoms with E-state index in [1.807, 2.05) is 6.92 Å². The average molecular weight is 315 g/mol. The Morgan fingerprint density at radius 3 is 3.00 bits per heavy atom. The Morgan fingerprint density at radius 2 is 2.22 bits per heavy atom. The third kappa shape index (κ3) is 2.94. The molecule has 1 aromatic rings. The number of carbonyl (C=O) groups excluding carboxylic acids is 1. The first-order valence-electron chi connectivity index (χ1n) is 5.80. The van der Waals surface area contributed by atoms with E-state index in [0.717, 1.165) is 17.6 Å². The van der Waals surface area contributed by atoms with E-state index in [9.17, 15) is 4.79 Å². The van der Waals surface area contributed by atoms with Crippen LogP contribution < -0.4 is 20.1 Å². The third-order valence-electron chi connectivity index (χ3n) is 2.53. The van der Waals surface area contributed by atoms with Crippen LogP contribution in [0.4, 0.5) is 0 Å². The van der Waals surface area contributed by atoms with E-state index in [0.29, 0.717) is 23.6 Å². The van der Waals surface area contributed by atoms with Gasteiger partial charge >= 0.3 is 0 Å². The lowest BCUT2D eigenvalue weighted by Gasteiger charge is -2.07. The van der Waals surface area contributed by atoms with Gasteiger partial charge in [0, 0.05) is 18.7 Å². The van der Waals surface area contributed by atoms with E-state index in [1.165, 1.54) is 0 Å². The molecule has 6 heteroatoms. The van der Waals surface area contributed by atoms with Crippen LogP contribution in [0.15, 0.2) is 16.6 Å². The van der Waals surface area contributed by atoms with E-state index in [1.54, 1.807) is 12.1 Å². The summed E-state index contributed by atoms with van der Waals surface area (Å²) in [5.41, 5.74) is 0.558. The maximum absolute atomic E-state index is 11.9. The van der Waals surface area contributed by atoms with Gasteiger partial charge in [0.15, 0.2) is 11.5 Å². The molecule has 5 nitrogen and oxygen atoms in total. The van der Waals surface area contributed by atoms with Crippen molar-refractivity contribution in [3.8, 4) is 11.5 Å². The van der Waals surface area contributed by atoms with Crippen LogP contribution in [-0.4, -0.2) is 32.3 Å². The molecular weight excluding hydrogens is 300 g/mol. The molecule has 0 fully saturated rings. The number of amides is 1. The number of hydrogen-bond donors (Lipinski definition) is 2. The van der Waals surface area contributed by atoms with Gasteiger partial charge in [-0.15, -0.1) is 0 Å². The molecule has 1 amide bonds. The van der Waals surface area contributed by atoms with Gasteiger partial charge in [-0.1, -0.05) is 6.92 Å². The molecule has 0 radical (unpaired) electrons. The van der Waals surface area contributed by atoms with Crippen molar-refractivity contribution in [2.75, 3.05) is 26.4 Å². The molecule has 18 heavy (non-hydrogen) atoms. The van der Waals surface area contributed by atoms with Gasteiger partial charge in [0.1, 0.15) is 0 Å². The van der Waals surface area contributed by atoms with Gasteiger partial charge in [-0.3, -0.25) is 4.79 Å². The normalized spacial score (nSPS) is 12.6. The second-order valence-electron chi connectivity index (χ2n) is 3.80. The van der Waals surface area contributed by atoms with Crippen molar-refractivity contribution < 1.29 is 14.3 Å². The Hall–Kier alpha value is -1.27. The number of ether oxygens (including phenoxy) is 2. The Kier molecular flexibility index (Phi) is 4.43. The van der Waals surface area contributed by atoms with Crippen LogP contribution in [0.25, 0.3) is 0 Å². The minimum absolute atomic E-state index is 0.119. The molecule has 2 N–H and O–H groups in total. The van der Waals surface area contributed by atoms with Crippen LogP contribution in [-0.2, 0) is 0 Å². The molecule has 1 aliphatic rings. The van der Waals surface area contributed by atoms with Crippen molar-refractivity contribution >= 4 is 21.8 Å². The number of likely N-dealkylation sites (N-methyl/N-ethyl adjacent to an activating group) is 1. The molecule has 0 bridgehead atoms. The SMILES string of the molecule is CCNCCNC(=O)c1cc(Br)c2c(c1)OCO2. The van der Waals surface area contributed by atoms with Crippen molar-refractivity contribution in [3.05, 3.63) is 22.2 Å². The van der Waals surface area contributed by atoms with Crippen molar-refractivity contribution in [3.63, 3.8) is 0 Å². The molecule has 1 heterocycles. The summed E-state index contributed by atoms with van der Waals surface area (Å²) in [5.74, 6) is 1.13. The highest BCUT2D eigenvalue weighted by Gasteiger charge is 2.20. The monoisotopic (exact) mass is 314 g/mol. The van der Waals surface area contributed by atoms with E-state index in [4.69, 9.17) is 9.47 Å². The number of halogens is 1. The highest BCUT2D eigenvalue weighted by Crippen LogP contribution is 2.39. The standard InChI is InChI=1S/C12H15BrN2O3/c1-2-14-3-4-15-12(16)8-5-9(13)11-10(6-8)17-7-18-11/h5-6,14H,2-4,7H2,1H3,(H,15,16). The molecule has 98 valence electrons. The fourth-order valence-corrected chi connectivity index (χ4v) is 2.20. The largest absolute Gasteiger partial charge is 0.454 e. The van der Waals surface area contributed by atoms with E-state index in [-0.39, 0.29) is 12.7 Å². The number of rotatable bonds is 5. The minimum Gasteiger partial charge on any atom is -0.454 e. The first kappa shape index (κ1) is 13.2. The molecule has 0 saturated carbocycles. The molecule has 1 aliphatic heterocycles. The Balaban J connectivity index is 2.00. The summed E-state index contributed by atoms with van der Waals surface area (Å²) in [6.45, 7) is 4.47. The van der Waals surface area contributed by atoms with Crippen LogP contribution in [0.3, 0.4) is 0 Å². The van der Waals surface area contributed by atoms with Crippen LogP contribution in [0.5, 0.6) is 11.5 Å². The predicted octanol–water partition coefficient (Wildman–Crippen LogP) is 1.52. The van der Waals surface area contributed by atoms with E-state index >= 15 is 0 Å². The zero-order chi connectivity index (χ0) is 13.0. The van der Waals surface area contributed by atoms with Crippen LogP contribution in [0.1, 0.15) is 17.3 Å². The first-order chi connectivity index (χ1) is 8.72. The molecule has 1 aromatic carbocycles. The lowest BCUT2D eigenvalue weighted by atomic mass is 10.2. The fraction of sp³-hybridized carbons (Fsp3) is 0.417. The van der Waals surface area contributed by atoms with Gasteiger partial charge in [-0.2, -0.15) is 0 Å². The number of fused-ring (bicyclic) bond motifs is 1. The first-order valence-corrected chi connectivity index (χ1v) is 6.59. The van der Waals surface area contributed by atoms with E-state index in [2.05, 4.69) is 26.6 Å². The van der Waals surface area contributed by atoms with Gasteiger partial charge in [0.25, 0.3) is 5.91 Å². The second-order valence-corrected chi connectivity index (χ2v) is 4.66. The van der Waals surface area contributed by atoms with Crippen molar-refractivity contribution in [1.82, 2.24) is 10.6 Å². The molecule has 0 aliphatic carbocycles. The number of hydrogen-bond acceptors (Lipinski definition) is 4. The summed E-state index contributed by atoms with van der Waals surface area (Å²) in [5, 5.41) is 5.97. The summed E-state index contributed by atoms with van der Waals surface area (Å²) in [6, 6.07) is 3.42. The third-order valence-corrected chi connectivity index (χ3v) is 3.12. The highest BCUT2D eigenvalue weighted by molar-refractivity contribution is 9.10. The average Bonchev–Trinajstić information content (AvgIpc) is 2.83. The molecular formula is C12H15BrN2O3. The van der Waals surface area contributed by atoms with Gasteiger partial charge < -0.3 is 20.1 Å². The Bertz CT molecular complexity index is 451. The summed E-state index contributed by atoms with van der Waals surface area (Å²) in [6.07, 6.45) is 0. The highest BCUT2D eigenvalue weighted by atomic mass is 79.9. The molecule has 0 unspecified atom stereocenters. The van der Waals surface area contributed by atoms with Crippen molar-refractivity contribution in [2.24, 2.45) is 0 Å².